The van der Waals surface area contributed by atoms with Crippen LogP contribution in [0.1, 0.15) is 6.92 Å². The molecule has 0 fully saturated rings. The average molecular weight is 418 g/mol. The molecule has 0 radical (unpaired) electrons. The van der Waals surface area contributed by atoms with Crippen LogP contribution in [0.15, 0.2) is 93.3 Å². The van der Waals surface area contributed by atoms with Crippen molar-refractivity contribution >= 4 is 34.1 Å². The van der Waals surface area contributed by atoms with E-state index in [1.807, 2.05) is 31.2 Å². The molecule has 3 aromatic rings. The molecule has 3 aromatic carbocycles. The second-order valence-corrected chi connectivity index (χ2v) is 6.51. The Kier molecular flexibility index (Phi) is 7.50. The van der Waals surface area contributed by atoms with Gasteiger partial charge in [0.1, 0.15) is 0 Å². The van der Waals surface area contributed by atoms with Gasteiger partial charge in [-0.15, -0.1) is 0 Å². The number of rotatable bonds is 9. The number of nitro benzene ring substituents is 1. The van der Waals surface area contributed by atoms with Gasteiger partial charge in [0.2, 0.25) is 0 Å². The molecule has 0 aliphatic carbocycles. The van der Waals surface area contributed by atoms with Crippen LogP contribution < -0.4 is 4.90 Å². The SMILES string of the molecule is CCN(CCO)c1ccc(N=Nc2ccc(N=Nc3ccc([N+](=O)[O-])cc3)cc2)cc1. The van der Waals surface area contributed by atoms with Crippen molar-refractivity contribution in [3.05, 3.63) is 82.9 Å². The molecule has 0 saturated carbocycles. The Labute approximate surface area is 179 Å². The first kappa shape index (κ1) is 21.7. The van der Waals surface area contributed by atoms with Crippen LogP contribution in [-0.2, 0) is 0 Å². The molecule has 0 saturated heterocycles. The molecule has 158 valence electrons. The van der Waals surface area contributed by atoms with Crippen LogP contribution in [0.3, 0.4) is 0 Å². The molecule has 9 nitrogen and oxygen atoms in total. The van der Waals surface area contributed by atoms with E-state index in [1.54, 1.807) is 36.4 Å². The zero-order valence-electron chi connectivity index (χ0n) is 17.0. The maximum Gasteiger partial charge on any atom is 0.269 e. The normalized spacial score (nSPS) is 11.3. The highest BCUT2D eigenvalue weighted by molar-refractivity contribution is 5.53. The summed E-state index contributed by atoms with van der Waals surface area (Å²) >= 11 is 0. The molecule has 0 aliphatic heterocycles. The van der Waals surface area contributed by atoms with Crippen molar-refractivity contribution in [1.29, 1.82) is 0 Å². The van der Waals surface area contributed by atoms with E-state index in [0.717, 1.165) is 17.9 Å². The van der Waals surface area contributed by atoms with Crippen molar-refractivity contribution in [2.24, 2.45) is 20.5 Å². The highest BCUT2D eigenvalue weighted by Crippen LogP contribution is 2.25. The van der Waals surface area contributed by atoms with Crippen LogP contribution >= 0.6 is 0 Å². The lowest BCUT2D eigenvalue weighted by Gasteiger charge is -2.21. The lowest BCUT2D eigenvalue weighted by molar-refractivity contribution is -0.384. The first-order chi connectivity index (χ1) is 15.1. The van der Waals surface area contributed by atoms with Crippen molar-refractivity contribution in [1.82, 2.24) is 0 Å². The molecule has 0 bridgehead atoms. The van der Waals surface area contributed by atoms with Gasteiger partial charge in [-0.05, 0) is 67.6 Å². The van der Waals surface area contributed by atoms with Gasteiger partial charge < -0.3 is 10.0 Å². The van der Waals surface area contributed by atoms with Gasteiger partial charge in [0.25, 0.3) is 5.69 Å². The summed E-state index contributed by atoms with van der Waals surface area (Å²) in [5.74, 6) is 0. The molecule has 9 heteroatoms. The van der Waals surface area contributed by atoms with Crippen molar-refractivity contribution in [2.75, 3.05) is 24.6 Å². The largest absolute Gasteiger partial charge is 0.395 e. The highest BCUT2D eigenvalue weighted by atomic mass is 16.6. The van der Waals surface area contributed by atoms with Gasteiger partial charge in [0, 0.05) is 30.9 Å². The number of hydrogen-bond donors (Lipinski definition) is 1. The molecule has 0 aromatic heterocycles. The standard InChI is InChI=1S/C22H22N6O3/c1-2-27(15-16-29)21-11-7-19(8-12-21)25-23-17-3-5-18(6-4-17)24-26-20-9-13-22(14-10-20)28(30)31/h3-14,29H,2,15-16H2,1H3. The quantitative estimate of drug-likeness (QED) is 0.251. The number of likely N-dealkylation sites (N-methyl/N-ethyl adjacent to an activating group) is 1. The molecule has 31 heavy (non-hydrogen) atoms. The number of nitrogens with zero attached hydrogens (tertiary/aromatic N) is 6. The van der Waals surface area contributed by atoms with Gasteiger partial charge in [-0.1, -0.05) is 0 Å². The molecule has 0 heterocycles. The molecule has 0 atom stereocenters. The van der Waals surface area contributed by atoms with Gasteiger partial charge in [0.15, 0.2) is 0 Å². The molecule has 0 spiro atoms. The molecule has 0 aliphatic rings. The van der Waals surface area contributed by atoms with Crippen LogP contribution in [0.5, 0.6) is 0 Å². The third-order valence-corrected chi connectivity index (χ3v) is 4.44. The zero-order valence-corrected chi connectivity index (χ0v) is 17.0. The van der Waals surface area contributed by atoms with Gasteiger partial charge in [0.05, 0.1) is 34.3 Å². The van der Waals surface area contributed by atoms with Gasteiger partial charge in [-0.2, -0.15) is 20.5 Å². The summed E-state index contributed by atoms with van der Waals surface area (Å²) in [6, 6.07) is 20.6. The van der Waals surface area contributed by atoms with Crippen LogP contribution in [-0.4, -0.2) is 29.7 Å². The lowest BCUT2D eigenvalue weighted by Crippen LogP contribution is -2.25. The highest BCUT2D eigenvalue weighted by Gasteiger charge is 2.04. The maximum atomic E-state index is 10.7. The number of aliphatic hydroxyl groups excluding tert-OH is 1. The summed E-state index contributed by atoms with van der Waals surface area (Å²) in [5, 5.41) is 36.5. The minimum Gasteiger partial charge on any atom is -0.395 e. The predicted molar refractivity (Wildman–Crippen MR) is 119 cm³/mol. The monoisotopic (exact) mass is 418 g/mol. The second kappa shape index (κ2) is 10.7. The number of azo groups is 2. The van der Waals surface area contributed by atoms with Gasteiger partial charge in [-0.3, -0.25) is 10.1 Å². The van der Waals surface area contributed by atoms with Crippen molar-refractivity contribution < 1.29 is 10.0 Å². The number of benzene rings is 3. The summed E-state index contributed by atoms with van der Waals surface area (Å²) in [5.41, 5.74) is 3.59. The Morgan fingerprint density at radius 3 is 1.52 bits per heavy atom. The van der Waals surface area contributed by atoms with E-state index in [9.17, 15) is 10.1 Å². The smallest absolute Gasteiger partial charge is 0.269 e. The van der Waals surface area contributed by atoms with E-state index in [1.165, 1.54) is 12.1 Å². The minimum atomic E-state index is -0.459. The fourth-order valence-electron chi connectivity index (χ4n) is 2.78. The average Bonchev–Trinajstić information content (AvgIpc) is 2.81. The second-order valence-electron chi connectivity index (χ2n) is 6.51. The van der Waals surface area contributed by atoms with E-state index in [0.29, 0.717) is 23.6 Å². The molecular formula is C22H22N6O3. The summed E-state index contributed by atoms with van der Waals surface area (Å²) in [4.78, 5) is 12.3. The number of anilines is 1. The van der Waals surface area contributed by atoms with E-state index in [2.05, 4.69) is 25.4 Å². The third kappa shape index (κ3) is 6.25. The zero-order chi connectivity index (χ0) is 22.1. The summed E-state index contributed by atoms with van der Waals surface area (Å²) in [6.07, 6.45) is 0. The van der Waals surface area contributed by atoms with Crippen LogP contribution in [0.2, 0.25) is 0 Å². The van der Waals surface area contributed by atoms with Crippen molar-refractivity contribution in [3.8, 4) is 0 Å². The minimum absolute atomic E-state index is 0.0103. The Morgan fingerprint density at radius 1 is 0.774 bits per heavy atom. The molecule has 1 N–H and O–H groups in total. The van der Waals surface area contributed by atoms with E-state index in [4.69, 9.17) is 5.11 Å². The molecule has 0 unspecified atom stereocenters. The Bertz CT molecular complexity index is 1050. The Hall–Kier alpha value is -3.98. The fourth-order valence-corrected chi connectivity index (χ4v) is 2.78. The summed E-state index contributed by atoms with van der Waals surface area (Å²) in [7, 11) is 0. The van der Waals surface area contributed by atoms with Gasteiger partial charge >= 0.3 is 0 Å². The predicted octanol–water partition coefficient (Wildman–Crippen LogP) is 6.24. The van der Waals surface area contributed by atoms with E-state index < -0.39 is 4.92 Å². The van der Waals surface area contributed by atoms with E-state index >= 15 is 0 Å². The topological polar surface area (TPSA) is 116 Å². The molecular weight excluding hydrogens is 396 g/mol. The van der Waals surface area contributed by atoms with Crippen LogP contribution in [0.4, 0.5) is 34.1 Å². The lowest BCUT2D eigenvalue weighted by atomic mass is 10.2. The number of aliphatic hydroxyl groups is 1. The first-order valence-corrected chi connectivity index (χ1v) is 9.73. The number of nitro groups is 1. The molecule has 0 amide bonds. The van der Waals surface area contributed by atoms with Crippen LogP contribution in [0, 0.1) is 10.1 Å². The maximum absolute atomic E-state index is 10.7. The van der Waals surface area contributed by atoms with Gasteiger partial charge in [-0.25, -0.2) is 0 Å². The third-order valence-electron chi connectivity index (χ3n) is 4.44. The summed E-state index contributed by atoms with van der Waals surface area (Å²) in [6.45, 7) is 3.55. The Balaban J connectivity index is 1.61. The van der Waals surface area contributed by atoms with Crippen LogP contribution in [0.25, 0.3) is 0 Å². The van der Waals surface area contributed by atoms with Crippen molar-refractivity contribution in [2.45, 2.75) is 6.92 Å². The van der Waals surface area contributed by atoms with E-state index in [-0.39, 0.29) is 12.3 Å². The first-order valence-electron chi connectivity index (χ1n) is 9.73. The number of hydrogen-bond acceptors (Lipinski definition) is 8. The Morgan fingerprint density at radius 2 is 1.16 bits per heavy atom. The summed E-state index contributed by atoms with van der Waals surface area (Å²) < 4.78 is 0. The number of non-ortho nitro benzene ring substituents is 1. The molecule has 3 rings (SSSR count). The fraction of sp³-hybridized carbons (Fsp3) is 0.182. The van der Waals surface area contributed by atoms with Crippen molar-refractivity contribution in [3.63, 3.8) is 0 Å².